The van der Waals surface area contributed by atoms with Gasteiger partial charge in [0.05, 0.1) is 11.4 Å². The second-order valence-corrected chi connectivity index (χ2v) is 6.60. The van der Waals surface area contributed by atoms with Gasteiger partial charge >= 0.3 is 0 Å². The van der Waals surface area contributed by atoms with E-state index < -0.39 is 0 Å². The minimum absolute atomic E-state index is 0.653. The van der Waals surface area contributed by atoms with E-state index in [0.717, 1.165) is 37.6 Å². The maximum Gasteiger partial charge on any atom is 0.223 e. The Balaban J connectivity index is 1.29. The normalized spacial score (nSPS) is 17.3. The maximum atomic E-state index is 4.57. The number of nitrogens with one attached hydrogen (secondary N) is 1. The summed E-state index contributed by atoms with van der Waals surface area (Å²) in [5.41, 5.74) is 3.16. The highest BCUT2D eigenvalue weighted by Gasteiger charge is 2.23. The van der Waals surface area contributed by atoms with Gasteiger partial charge in [0.15, 0.2) is 0 Å². The number of likely N-dealkylation sites (tertiary alicyclic amines) is 1. The van der Waals surface area contributed by atoms with E-state index in [1.165, 1.54) is 12.0 Å². The molecule has 2 aromatic heterocycles. The van der Waals surface area contributed by atoms with Crippen molar-refractivity contribution < 1.29 is 0 Å². The molecular weight excluding hydrogens is 322 g/mol. The maximum absolute atomic E-state index is 4.57. The van der Waals surface area contributed by atoms with E-state index in [9.17, 15) is 0 Å². The summed E-state index contributed by atoms with van der Waals surface area (Å²) in [5.74, 6) is 1.31. The number of pyridine rings is 1. The molecule has 3 aromatic rings. The molecule has 0 saturated carbocycles. The highest BCUT2D eigenvalue weighted by Crippen LogP contribution is 2.26. The number of benzene rings is 1. The van der Waals surface area contributed by atoms with E-state index in [1.807, 2.05) is 24.3 Å². The summed E-state index contributed by atoms with van der Waals surface area (Å²) in [6.45, 7) is 4.12. The van der Waals surface area contributed by atoms with Crippen LogP contribution in [0.15, 0.2) is 67.0 Å². The fourth-order valence-corrected chi connectivity index (χ4v) is 3.46. The lowest BCUT2D eigenvalue weighted by molar-refractivity contribution is 0.347. The molecule has 4 rings (SSSR count). The van der Waals surface area contributed by atoms with Crippen molar-refractivity contribution in [2.75, 3.05) is 31.5 Å². The van der Waals surface area contributed by atoms with Crippen LogP contribution in [0.3, 0.4) is 0 Å². The van der Waals surface area contributed by atoms with Crippen molar-refractivity contribution in [2.45, 2.75) is 12.3 Å². The first-order chi connectivity index (χ1) is 12.9. The zero-order valence-corrected chi connectivity index (χ0v) is 14.8. The second kappa shape index (κ2) is 8.06. The van der Waals surface area contributed by atoms with Crippen molar-refractivity contribution in [3.05, 3.63) is 72.6 Å². The molecule has 1 aliphatic heterocycles. The molecule has 0 unspecified atom stereocenters. The van der Waals surface area contributed by atoms with Crippen molar-refractivity contribution in [1.82, 2.24) is 19.9 Å². The van der Waals surface area contributed by atoms with Crippen molar-refractivity contribution in [2.24, 2.45) is 0 Å². The minimum atomic E-state index is 0.653. The molecule has 0 radical (unpaired) electrons. The van der Waals surface area contributed by atoms with Gasteiger partial charge in [0.1, 0.15) is 0 Å². The molecule has 5 nitrogen and oxygen atoms in total. The Bertz CT molecular complexity index is 822. The Morgan fingerprint density at radius 2 is 1.81 bits per heavy atom. The summed E-state index contributed by atoms with van der Waals surface area (Å²) >= 11 is 0. The van der Waals surface area contributed by atoms with E-state index in [4.69, 9.17) is 0 Å². The average Bonchev–Trinajstić information content (AvgIpc) is 3.19. The van der Waals surface area contributed by atoms with E-state index in [0.29, 0.717) is 11.9 Å². The Hall–Kier alpha value is -2.79. The molecule has 132 valence electrons. The fraction of sp³-hybridized carbons (Fsp3) is 0.286. The van der Waals surface area contributed by atoms with Gasteiger partial charge in [-0.05, 0) is 42.6 Å². The van der Waals surface area contributed by atoms with Gasteiger partial charge in [0.25, 0.3) is 0 Å². The standard InChI is InChI=1S/C21H23N5/c1-2-6-17(7-3-1)18-10-14-26(16-18)15-13-24-21-23-12-9-20(25-21)19-8-4-5-11-22-19/h1-9,11-12,18H,10,13-16H2,(H,23,24,25)/t18-/m1/s1. The molecular formula is C21H23N5. The monoisotopic (exact) mass is 345 g/mol. The van der Waals surface area contributed by atoms with Crippen molar-refractivity contribution in [1.29, 1.82) is 0 Å². The van der Waals surface area contributed by atoms with E-state index in [-0.39, 0.29) is 0 Å². The lowest BCUT2D eigenvalue weighted by Gasteiger charge is -2.16. The largest absolute Gasteiger partial charge is 0.353 e. The third-order valence-corrected chi connectivity index (χ3v) is 4.84. The predicted molar refractivity (Wildman–Crippen MR) is 104 cm³/mol. The first-order valence-electron chi connectivity index (χ1n) is 9.14. The lowest BCUT2D eigenvalue weighted by Crippen LogP contribution is -2.27. The van der Waals surface area contributed by atoms with Crippen LogP contribution in [-0.4, -0.2) is 46.0 Å². The quantitative estimate of drug-likeness (QED) is 0.742. The van der Waals surface area contributed by atoms with Crippen LogP contribution in [0.25, 0.3) is 11.4 Å². The molecule has 1 aliphatic rings. The SMILES string of the molecule is c1ccc([C@@H]2CCN(CCNc3nccc(-c4ccccn4)n3)C2)cc1. The fourth-order valence-electron chi connectivity index (χ4n) is 3.46. The van der Waals surface area contributed by atoms with Crippen LogP contribution in [0.2, 0.25) is 0 Å². The summed E-state index contributed by atoms with van der Waals surface area (Å²) in [4.78, 5) is 15.7. The molecule has 5 heteroatoms. The summed E-state index contributed by atoms with van der Waals surface area (Å²) < 4.78 is 0. The number of anilines is 1. The molecule has 1 atom stereocenters. The van der Waals surface area contributed by atoms with Gasteiger partial charge in [-0.15, -0.1) is 0 Å². The molecule has 0 spiro atoms. The number of rotatable bonds is 6. The van der Waals surface area contributed by atoms with E-state index in [2.05, 4.69) is 55.5 Å². The topological polar surface area (TPSA) is 53.9 Å². The van der Waals surface area contributed by atoms with Crippen LogP contribution in [0, 0.1) is 0 Å². The molecule has 1 fully saturated rings. The van der Waals surface area contributed by atoms with Gasteiger partial charge in [0.2, 0.25) is 5.95 Å². The predicted octanol–water partition coefficient (Wildman–Crippen LogP) is 3.44. The zero-order valence-electron chi connectivity index (χ0n) is 14.8. The third kappa shape index (κ3) is 4.06. The lowest BCUT2D eigenvalue weighted by atomic mass is 9.99. The summed E-state index contributed by atoms with van der Waals surface area (Å²) in [5, 5.41) is 3.34. The molecule has 26 heavy (non-hydrogen) atoms. The molecule has 1 aromatic carbocycles. The van der Waals surface area contributed by atoms with Crippen LogP contribution in [0.5, 0.6) is 0 Å². The van der Waals surface area contributed by atoms with Crippen molar-refractivity contribution in [3.8, 4) is 11.4 Å². The Morgan fingerprint density at radius 1 is 0.923 bits per heavy atom. The number of hydrogen-bond acceptors (Lipinski definition) is 5. The Morgan fingerprint density at radius 3 is 2.65 bits per heavy atom. The minimum Gasteiger partial charge on any atom is -0.353 e. The van der Waals surface area contributed by atoms with Gasteiger partial charge in [0, 0.05) is 32.0 Å². The molecule has 0 amide bonds. The zero-order chi connectivity index (χ0) is 17.6. The summed E-state index contributed by atoms with van der Waals surface area (Å²) in [6, 6.07) is 18.5. The van der Waals surface area contributed by atoms with E-state index in [1.54, 1.807) is 12.4 Å². The van der Waals surface area contributed by atoms with Gasteiger partial charge in [-0.3, -0.25) is 4.98 Å². The highest BCUT2D eigenvalue weighted by molar-refractivity contribution is 5.54. The van der Waals surface area contributed by atoms with Crippen LogP contribution < -0.4 is 5.32 Å². The van der Waals surface area contributed by atoms with Crippen LogP contribution in [-0.2, 0) is 0 Å². The van der Waals surface area contributed by atoms with Gasteiger partial charge in [-0.1, -0.05) is 36.4 Å². The van der Waals surface area contributed by atoms with Crippen LogP contribution >= 0.6 is 0 Å². The van der Waals surface area contributed by atoms with Gasteiger partial charge in [-0.25, -0.2) is 9.97 Å². The average molecular weight is 345 g/mol. The van der Waals surface area contributed by atoms with Crippen molar-refractivity contribution >= 4 is 5.95 Å². The van der Waals surface area contributed by atoms with Crippen molar-refractivity contribution in [3.63, 3.8) is 0 Å². The summed E-state index contributed by atoms with van der Waals surface area (Å²) in [7, 11) is 0. The molecule has 0 aliphatic carbocycles. The molecule has 0 bridgehead atoms. The smallest absolute Gasteiger partial charge is 0.223 e. The number of aromatic nitrogens is 3. The van der Waals surface area contributed by atoms with Crippen LogP contribution in [0.4, 0.5) is 5.95 Å². The van der Waals surface area contributed by atoms with Gasteiger partial charge < -0.3 is 10.2 Å². The molecule has 1 N–H and O–H groups in total. The highest BCUT2D eigenvalue weighted by atomic mass is 15.2. The Labute approximate surface area is 154 Å². The van der Waals surface area contributed by atoms with E-state index >= 15 is 0 Å². The summed E-state index contributed by atoms with van der Waals surface area (Å²) in [6.07, 6.45) is 4.79. The number of hydrogen-bond donors (Lipinski definition) is 1. The van der Waals surface area contributed by atoms with Gasteiger partial charge in [-0.2, -0.15) is 0 Å². The second-order valence-electron chi connectivity index (χ2n) is 6.60. The number of nitrogens with zero attached hydrogens (tertiary/aromatic N) is 4. The first-order valence-corrected chi connectivity index (χ1v) is 9.14. The first kappa shape index (κ1) is 16.7. The van der Waals surface area contributed by atoms with Crippen LogP contribution in [0.1, 0.15) is 17.9 Å². The Kier molecular flexibility index (Phi) is 5.17. The third-order valence-electron chi connectivity index (χ3n) is 4.84. The molecule has 3 heterocycles. The molecule has 1 saturated heterocycles.